The lowest BCUT2D eigenvalue weighted by Gasteiger charge is -2.60. The fourth-order valence-corrected chi connectivity index (χ4v) is 7.50. The molecule has 1 aliphatic carbocycles. The molecule has 6 aliphatic rings. The van der Waals surface area contributed by atoms with Gasteiger partial charge in [-0.15, -0.1) is 0 Å². The Morgan fingerprint density at radius 2 is 1.74 bits per heavy atom. The lowest BCUT2D eigenvalue weighted by atomic mass is 9.57. The number of fused-ring (bicyclic) bond motifs is 2. The summed E-state index contributed by atoms with van der Waals surface area (Å²) in [4.78, 5) is 17.1. The summed E-state index contributed by atoms with van der Waals surface area (Å²) >= 11 is 0. The zero-order chi connectivity index (χ0) is 23.5. The molecule has 0 amide bonds. The monoisotopic (exact) mass is 474 g/mol. The van der Waals surface area contributed by atoms with Crippen LogP contribution in [0.3, 0.4) is 0 Å². The number of nitrogens with zero attached hydrogens (tertiary/aromatic N) is 2. The molecular formula is C27H39FN2O4. The standard InChI is InChI=1S/C27H39FN2O4/c1-18-4-9-23-19(2)24(31-25-27(23)22(18)10-12-26(3,32-25)33-34-27)11-13-29-14-16-30(17-15-29)21-7-5-20(28)6-8-21/h5-8,18-19,22-25H,4,9-17H2,1-3H3/t18-,19-,22+,23+,24-,25-,26-,27-/m1/s1. The van der Waals surface area contributed by atoms with Gasteiger partial charge in [0, 0.05) is 50.7 Å². The van der Waals surface area contributed by atoms with Crippen molar-refractivity contribution in [1.29, 1.82) is 0 Å². The van der Waals surface area contributed by atoms with Crippen LogP contribution in [0.2, 0.25) is 0 Å². The van der Waals surface area contributed by atoms with E-state index in [1.807, 2.05) is 19.1 Å². The first-order valence-electron chi connectivity index (χ1n) is 13.3. The molecule has 6 nitrogen and oxygen atoms in total. The van der Waals surface area contributed by atoms with Crippen LogP contribution in [-0.2, 0) is 19.2 Å². The SMILES string of the molecule is C[C@H]1[C@@H](CCN2CCN(c3ccc(F)cc3)CC2)O[C@@H]2O[C@@]3(C)CC[C@H]4[C@H](C)CC[C@@H]1[C@@]24OO3. The topological polar surface area (TPSA) is 43.4 Å². The van der Waals surface area contributed by atoms with Crippen LogP contribution in [0.1, 0.15) is 52.9 Å². The molecular weight excluding hydrogens is 435 g/mol. The van der Waals surface area contributed by atoms with Crippen molar-refractivity contribution in [2.45, 2.75) is 76.7 Å². The number of anilines is 1. The van der Waals surface area contributed by atoms with Crippen LogP contribution in [-0.4, -0.2) is 61.4 Å². The second kappa shape index (κ2) is 8.70. The highest BCUT2D eigenvalue weighted by Gasteiger charge is 2.69. The number of benzene rings is 1. The normalized spacial score (nSPS) is 44.5. The van der Waals surface area contributed by atoms with Crippen LogP contribution >= 0.6 is 0 Å². The molecule has 2 bridgehead atoms. The van der Waals surface area contributed by atoms with Crippen molar-refractivity contribution >= 4 is 5.69 Å². The molecule has 7 rings (SSSR count). The number of rotatable bonds is 4. The van der Waals surface area contributed by atoms with E-state index in [4.69, 9.17) is 19.2 Å². The zero-order valence-corrected chi connectivity index (χ0v) is 20.7. The minimum Gasteiger partial charge on any atom is -0.369 e. The lowest BCUT2D eigenvalue weighted by Crippen LogP contribution is -2.70. The predicted octanol–water partition coefficient (Wildman–Crippen LogP) is 4.59. The van der Waals surface area contributed by atoms with Crippen molar-refractivity contribution < 1.29 is 23.6 Å². The molecule has 8 atom stereocenters. The zero-order valence-electron chi connectivity index (χ0n) is 20.7. The van der Waals surface area contributed by atoms with Crippen molar-refractivity contribution in [3.05, 3.63) is 30.1 Å². The lowest BCUT2D eigenvalue weighted by molar-refractivity contribution is -0.571. The van der Waals surface area contributed by atoms with Crippen LogP contribution in [0.5, 0.6) is 0 Å². The van der Waals surface area contributed by atoms with Gasteiger partial charge in [0.05, 0.1) is 6.10 Å². The molecule has 6 fully saturated rings. The van der Waals surface area contributed by atoms with Gasteiger partial charge in [-0.25, -0.2) is 14.2 Å². The number of ether oxygens (including phenoxy) is 2. The summed E-state index contributed by atoms with van der Waals surface area (Å²) in [5.41, 5.74) is 0.637. The van der Waals surface area contributed by atoms with Gasteiger partial charge in [-0.05, 0) is 74.6 Å². The molecule has 5 heterocycles. The molecule has 0 aromatic heterocycles. The number of piperazine rings is 1. The van der Waals surface area contributed by atoms with E-state index in [0.717, 1.165) is 64.1 Å². The van der Waals surface area contributed by atoms with Gasteiger partial charge in [-0.2, -0.15) is 0 Å². The van der Waals surface area contributed by atoms with E-state index >= 15 is 0 Å². The Bertz CT molecular complexity index is 878. The molecule has 0 radical (unpaired) electrons. The average Bonchev–Trinajstić information content (AvgIpc) is 3.07. The summed E-state index contributed by atoms with van der Waals surface area (Å²) in [6, 6.07) is 6.85. The minimum absolute atomic E-state index is 0.163. The van der Waals surface area contributed by atoms with Gasteiger partial charge < -0.3 is 14.4 Å². The third kappa shape index (κ3) is 3.79. The fraction of sp³-hybridized carbons (Fsp3) is 0.778. The maximum Gasteiger partial charge on any atom is 0.201 e. The van der Waals surface area contributed by atoms with Gasteiger partial charge in [0.2, 0.25) is 5.79 Å². The second-order valence-corrected chi connectivity index (χ2v) is 11.5. The molecule has 1 spiro atoms. The highest BCUT2D eigenvalue weighted by molar-refractivity contribution is 5.46. The van der Waals surface area contributed by atoms with E-state index in [2.05, 4.69) is 23.6 Å². The van der Waals surface area contributed by atoms with Crippen LogP contribution in [0.15, 0.2) is 24.3 Å². The Hall–Kier alpha value is -1.25. The first-order chi connectivity index (χ1) is 16.4. The Morgan fingerprint density at radius 1 is 0.971 bits per heavy atom. The average molecular weight is 475 g/mol. The summed E-state index contributed by atoms with van der Waals surface area (Å²) in [7, 11) is 0. The van der Waals surface area contributed by atoms with Crippen LogP contribution < -0.4 is 4.90 Å². The molecule has 34 heavy (non-hydrogen) atoms. The van der Waals surface area contributed by atoms with E-state index in [1.165, 1.54) is 6.42 Å². The molecule has 1 aromatic carbocycles. The van der Waals surface area contributed by atoms with Crippen LogP contribution in [0.25, 0.3) is 0 Å². The van der Waals surface area contributed by atoms with Crippen molar-refractivity contribution in [1.82, 2.24) is 4.90 Å². The van der Waals surface area contributed by atoms with Crippen molar-refractivity contribution in [3.63, 3.8) is 0 Å². The van der Waals surface area contributed by atoms with Crippen LogP contribution in [0.4, 0.5) is 10.1 Å². The number of hydrogen-bond acceptors (Lipinski definition) is 6. The molecule has 0 unspecified atom stereocenters. The molecule has 1 aromatic rings. The molecule has 1 saturated carbocycles. The summed E-state index contributed by atoms with van der Waals surface area (Å²) in [5.74, 6) is 0.928. The van der Waals surface area contributed by atoms with E-state index in [1.54, 1.807) is 12.1 Å². The van der Waals surface area contributed by atoms with E-state index in [9.17, 15) is 4.39 Å². The first kappa shape index (κ1) is 23.2. The number of halogens is 1. The fourth-order valence-electron chi connectivity index (χ4n) is 7.50. The van der Waals surface area contributed by atoms with Crippen molar-refractivity contribution in [2.75, 3.05) is 37.6 Å². The van der Waals surface area contributed by atoms with E-state index < -0.39 is 11.4 Å². The van der Waals surface area contributed by atoms with E-state index in [-0.39, 0.29) is 18.2 Å². The van der Waals surface area contributed by atoms with Gasteiger partial charge >= 0.3 is 0 Å². The Morgan fingerprint density at radius 3 is 2.50 bits per heavy atom. The Balaban J connectivity index is 1.11. The summed E-state index contributed by atoms with van der Waals surface area (Å²) in [6.45, 7) is 11.7. The Labute approximate surface area is 202 Å². The molecule has 5 saturated heterocycles. The third-order valence-electron chi connectivity index (χ3n) is 9.59. The van der Waals surface area contributed by atoms with Gasteiger partial charge in [-0.3, -0.25) is 4.90 Å². The smallest absolute Gasteiger partial charge is 0.201 e. The van der Waals surface area contributed by atoms with Gasteiger partial charge in [-0.1, -0.05) is 13.8 Å². The molecule has 188 valence electrons. The highest BCUT2D eigenvalue weighted by Crippen LogP contribution is 2.60. The van der Waals surface area contributed by atoms with E-state index in [0.29, 0.717) is 23.7 Å². The third-order valence-corrected chi connectivity index (χ3v) is 9.59. The first-order valence-corrected chi connectivity index (χ1v) is 13.3. The Kier molecular flexibility index (Phi) is 5.93. The second-order valence-electron chi connectivity index (χ2n) is 11.5. The maximum atomic E-state index is 13.3. The van der Waals surface area contributed by atoms with Crippen molar-refractivity contribution in [2.24, 2.45) is 23.7 Å². The quantitative estimate of drug-likeness (QED) is 0.595. The summed E-state index contributed by atoms with van der Waals surface area (Å²) in [6.07, 6.45) is 5.14. The van der Waals surface area contributed by atoms with Crippen molar-refractivity contribution in [3.8, 4) is 0 Å². The minimum atomic E-state index is -0.709. The molecule has 7 heteroatoms. The van der Waals surface area contributed by atoms with Gasteiger partial charge in [0.15, 0.2) is 11.9 Å². The number of hydrogen-bond donors (Lipinski definition) is 0. The molecule has 5 aliphatic heterocycles. The van der Waals surface area contributed by atoms with Crippen LogP contribution in [0, 0.1) is 29.5 Å². The van der Waals surface area contributed by atoms with Gasteiger partial charge in [0.1, 0.15) is 5.82 Å². The largest absolute Gasteiger partial charge is 0.369 e. The maximum absolute atomic E-state index is 13.3. The van der Waals surface area contributed by atoms with Gasteiger partial charge in [0.25, 0.3) is 0 Å². The summed E-state index contributed by atoms with van der Waals surface area (Å²) < 4.78 is 26.5. The highest BCUT2D eigenvalue weighted by atomic mass is 19.1. The molecule has 0 N–H and O–H groups in total. The summed E-state index contributed by atoms with van der Waals surface area (Å²) in [5, 5.41) is 0. The predicted molar refractivity (Wildman–Crippen MR) is 126 cm³/mol.